The molecule has 1 unspecified atom stereocenters. The van der Waals surface area contributed by atoms with E-state index in [9.17, 15) is 9.59 Å². The highest BCUT2D eigenvalue weighted by Gasteiger charge is 2.45. The van der Waals surface area contributed by atoms with Gasteiger partial charge in [0.25, 0.3) is 5.91 Å². The SMILES string of the molecule is Cc1cc(N2C(=O)c3oc4ccc5ccccc5c4c(=O)c3C2c2ccc(C(C)C)cc2)no1. The van der Waals surface area contributed by atoms with Crippen molar-refractivity contribution in [3.63, 3.8) is 0 Å². The zero-order chi connectivity index (χ0) is 23.6. The second-order valence-corrected chi connectivity index (χ2v) is 9.03. The molecule has 0 bridgehead atoms. The summed E-state index contributed by atoms with van der Waals surface area (Å²) in [7, 11) is 0. The van der Waals surface area contributed by atoms with E-state index in [-0.39, 0.29) is 11.2 Å². The third-order valence-corrected chi connectivity index (χ3v) is 6.55. The van der Waals surface area contributed by atoms with Crippen molar-refractivity contribution in [2.45, 2.75) is 32.7 Å². The van der Waals surface area contributed by atoms with Gasteiger partial charge in [0.2, 0.25) is 5.76 Å². The Kier molecular flexibility index (Phi) is 4.45. The van der Waals surface area contributed by atoms with Gasteiger partial charge in [-0.1, -0.05) is 73.6 Å². The fraction of sp³-hybridized carbons (Fsp3) is 0.179. The molecule has 0 N–H and O–H groups in total. The number of carbonyl (C=O) groups excluding carboxylic acids is 1. The van der Waals surface area contributed by atoms with Crippen molar-refractivity contribution >= 4 is 33.5 Å². The molecular weight excluding hydrogens is 428 g/mol. The van der Waals surface area contributed by atoms with Crippen molar-refractivity contribution < 1.29 is 13.7 Å². The van der Waals surface area contributed by atoms with Gasteiger partial charge < -0.3 is 8.94 Å². The zero-order valence-electron chi connectivity index (χ0n) is 19.0. The second kappa shape index (κ2) is 7.42. The van der Waals surface area contributed by atoms with Gasteiger partial charge >= 0.3 is 0 Å². The van der Waals surface area contributed by atoms with E-state index in [2.05, 4.69) is 19.0 Å². The van der Waals surface area contributed by atoms with Crippen molar-refractivity contribution in [2.24, 2.45) is 0 Å². The van der Waals surface area contributed by atoms with E-state index in [1.807, 2.05) is 54.6 Å². The first-order valence-electron chi connectivity index (χ1n) is 11.3. The highest BCUT2D eigenvalue weighted by molar-refractivity contribution is 6.12. The Bertz CT molecular complexity index is 1640. The van der Waals surface area contributed by atoms with Gasteiger partial charge in [0.05, 0.1) is 17.0 Å². The van der Waals surface area contributed by atoms with Crippen molar-refractivity contribution in [3.8, 4) is 0 Å². The van der Waals surface area contributed by atoms with Gasteiger partial charge in [-0.2, -0.15) is 0 Å². The van der Waals surface area contributed by atoms with Gasteiger partial charge in [0.15, 0.2) is 11.2 Å². The van der Waals surface area contributed by atoms with Crippen LogP contribution in [0, 0.1) is 6.92 Å². The van der Waals surface area contributed by atoms with E-state index < -0.39 is 11.9 Å². The van der Waals surface area contributed by atoms with Crippen LogP contribution in [0.1, 0.15) is 58.8 Å². The maximum Gasteiger partial charge on any atom is 0.296 e. The molecule has 0 radical (unpaired) electrons. The Morgan fingerprint density at radius 3 is 2.44 bits per heavy atom. The zero-order valence-corrected chi connectivity index (χ0v) is 19.0. The Hall–Kier alpha value is -4.19. The van der Waals surface area contributed by atoms with Crippen molar-refractivity contribution in [2.75, 3.05) is 4.90 Å². The van der Waals surface area contributed by atoms with Gasteiger partial charge in [-0.25, -0.2) is 0 Å². The number of nitrogens with zero attached hydrogens (tertiary/aromatic N) is 2. The number of hydrogen-bond donors (Lipinski definition) is 0. The summed E-state index contributed by atoms with van der Waals surface area (Å²) in [5, 5.41) is 6.30. The number of aryl methyl sites for hydroxylation is 1. The molecule has 3 heterocycles. The number of hydrogen-bond acceptors (Lipinski definition) is 5. The van der Waals surface area contributed by atoms with Gasteiger partial charge in [-0.05, 0) is 40.8 Å². The first-order valence-corrected chi connectivity index (χ1v) is 11.3. The summed E-state index contributed by atoms with van der Waals surface area (Å²) in [6, 6.07) is 20.4. The van der Waals surface area contributed by atoms with E-state index in [4.69, 9.17) is 8.94 Å². The predicted octanol–water partition coefficient (Wildman–Crippen LogP) is 6.12. The summed E-state index contributed by atoms with van der Waals surface area (Å²) in [4.78, 5) is 29.2. The van der Waals surface area contributed by atoms with E-state index in [0.717, 1.165) is 16.3 Å². The number of amides is 1. The summed E-state index contributed by atoms with van der Waals surface area (Å²) in [6.45, 7) is 6.01. The minimum Gasteiger partial charge on any atom is -0.450 e. The Morgan fingerprint density at radius 2 is 1.74 bits per heavy atom. The lowest BCUT2D eigenvalue weighted by Gasteiger charge is -2.22. The second-order valence-electron chi connectivity index (χ2n) is 9.03. The molecule has 1 aliphatic rings. The molecule has 0 fully saturated rings. The molecule has 6 rings (SSSR count). The fourth-order valence-corrected chi connectivity index (χ4v) is 4.82. The number of anilines is 1. The summed E-state index contributed by atoms with van der Waals surface area (Å²) in [6.07, 6.45) is 0. The van der Waals surface area contributed by atoms with Crippen LogP contribution in [-0.4, -0.2) is 11.1 Å². The normalized spacial score (nSPS) is 15.6. The molecule has 34 heavy (non-hydrogen) atoms. The first kappa shape index (κ1) is 20.4. The summed E-state index contributed by atoms with van der Waals surface area (Å²) in [5.74, 6) is 0.921. The average Bonchev–Trinajstić information content (AvgIpc) is 3.39. The molecule has 6 heteroatoms. The molecule has 0 saturated carbocycles. The summed E-state index contributed by atoms with van der Waals surface area (Å²) < 4.78 is 11.4. The highest BCUT2D eigenvalue weighted by Crippen LogP contribution is 2.41. The molecular formula is C28H22N2O4. The maximum absolute atomic E-state index is 14.0. The van der Waals surface area contributed by atoms with Gasteiger partial charge in [0, 0.05) is 6.07 Å². The molecule has 1 amide bonds. The average molecular weight is 450 g/mol. The van der Waals surface area contributed by atoms with E-state index in [1.54, 1.807) is 19.1 Å². The maximum atomic E-state index is 14.0. The van der Waals surface area contributed by atoms with E-state index in [0.29, 0.717) is 34.0 Å². The minimum absolute atomic E-state index is 0.0476. The van der Waals surface area contributed by atoms with Crippen LogP contribution < -0.4 is 10.3 Å². The molecule has 3 aromatic carbocycles. The highest BCUT2D eigenvalue weighted by atomic mass is 16.5. The lowest BCUT2D eigenvalue weighted by Crippen LogP contribution is -2.29. The van der Waals surface area contributed by atoms with Gasteiger partial charge in [0.1, 0.15) is 11.3 Å². The third kappa shape index (κ3) is 2.91. The van der Waals surface area contributed by atoms with Crippen LogP contribution >= 0.6 is 0 Å². The predicted molar refractivity (Wildman–Crippen MR) is 130 cm³/mol. The molecule has 0 aliphatic carbocycles. The number of fused-ring (bicyclic) bond motifs is 4. The smallest absolute Gasteiger partial charge is 0.296 e. The van der Waals surface area contributed by atoms with Crippen molar-refractivity contribution in [3.05, 3.63) is 105 Å². The standard InChI is InChI=1S/C28H22N2O4/c1-15(2)17-8-10-19(11-9-17)25-24-26(31)23-20-7-5-4-6-18(20)12-13-21(23)33-27(24)28(32)30(25)22-14-16(3)34-29-22/h4-15,25H,1-3H3. The molecule has 1 atom stereocenters. The Labute approximate surface area is 195 Å². The summed E-state index contributed by atoms with van der Waals surface area (Å²) >= 11 is 0. The van der Waals surface area contributed by atoms with Crippen LogP contribution in [0.3, 0.4) is 0 Å². The molecule has 1 aliphatic heterocycles. The van der Waals surface area contributed by atoms with Crippen molar-refractivity contribution in [1.29, 1.82) is 0 Å². The quantitative estimate of drug-likeness (QED) is 0.310. The molecule has 0 spiro atoms. The largest absolute Gasteiger partial charge is 0.450 e. The molecule has 2 aromatic heterocycles. The first-order chi connectivity index (χ1) is 16.4. The monoisotopic (exact) mass is 450 g/mol. The topological polar surface area (TPSA) is 76.6 Å². The fourth-order valence-electron chi connectivity index (χ4n) is 4.82. The number of aromatic nitrogens is 1. The van der Waals surface area contributed by atoms with E-state index >= 15 is 0 Å². The number of rotatable bonds is 3. The van der Waals surface area contributed by atoms with Crippen LogP contribution in [-0.2, 0) is 0 Å². The summed E-state index contributed by atoms with van der Waals surface area (Å²) in [5.41, 5.74) is 2.49. The van der Waals surface area contributed by atoms with Crippen LogP contribution in [0.2, 0.25) is 0 Å². The Balaban J connectivity index is 1.66. The third-order valence-electron chi connectivity index (χ3n) is 6.55. The van der Waals surface area contributed by atoms with Gasteiger partial charge in [-0.15, -0.1) is 0 Å². The van der Waals surface area contributed by atoms with Crippen LogP contribution in [0.15, 0.2) is 80.5 Å². The molecule has 168 valence electrons. The Morgan fingerprint density at radius 1 is 0.971 bits per heavy atom. The van der Waals surface area contributed by atoms with E-state index in [1.165, 1.54) is 10.5 Å². The van der Waals surface area contributed by atoms with Crippen molar-refractivity contribution in [1.82, 2.24) is 5.16 Å². The van der Waals surface area contributed by atoms with Gasteiger partial charge in [-0.3, -0.25) is 14.5 Å². The molecule has 0 saturated heterocycles. The lowest BCUT2D eigenvalue weighted by atomic mass is 9.94. The van der Waals surface area contributed by atoms with Crippen LogP contribution in [0.4, 0.5) is 5.82 Å². The number of benzene rings is 3. The molecule has 6 nitrogen and oxygen atoms in total. The lowest BCUT2D eigenvalue weighted by molar-refractivity contribution is 0.0969. The molecule has 5 aromatic rings. The minimum atomic E-state index is -0.673. The number of carbonyl (C=O) groups is 1. The van der Waals surface area contributed by atoms with Crippen LogP contribution in [0.5, 0.6) is 0 Å². The van der Waals surface area contributed by atoms with Crippen LogP contribution in [0.25, 0.3) is 21.7 Å².